The van der Waals surface area contributed by atoms with Crippen molar-refractivity contribution in [1.29, 1.82) is 0 Å². The van der Waals surface area contributed by atoms with Crippen LogP contribution in [-0.2, 0) is 19.5 Å². The van der Waals surface area contributed by atoms with Gasteiger partial charge in [-0.2, -0.15) is 0 Å². The van der Waals surface area contributed by atoms with Crippen molar-refractivity contribution in [3.8, 4) is 0 Å². The average molecular weight is 296 g/mol. The standard InChI is InChI=1S/C18H24N4/c1-13(2)18-20-19-17-12-21(10-11-22(17)18)16-9-5-7-14-6-3-4-8-15(14)16/h3-4,6,8,13,16H,5,7,9-12H2,1-2H3/t16-/m0/s1. The summed E-state index contributed by atoms with van der Waals surface area (Å²) in [5, 5.41) is 8.86. The summed E-state index contributed by atoms with van der Waals surface area (Å²) in [6.07, 6.45) is 3.79. The molecule has 1 aliphatic carbocycles. The third-order valence-electron chi connectivity index (χ3n) is 5.11. The zero-order chi connectivity index (χ0) is 15.1. The molecule has 0 N–H and O–H groups in total. The van der Waals surface area contributed by atoms with Crippen LogP contribution < -0.4 is 0 Å². The predicted molar refractivity (Wildman–Crippen MR) is 86.6 cm³/mol. The molecule has 0 spiro atoms. The lowest BCUT2D eigenvalue weighted by atomic mass is 9.86. The predicted octanol–water partition coefficient (Wildman–Crippen LogP) is 3.29. The number of hydrogen-bond acceptors (Lipinski definition) is 3. The zero-order valence-corrected chi connectivity index (χ0v) is 13.5. The Morgan fingerprint density at radius 1 is 1.14 bits per heavy atom. The Labute approximate surface area is 132 Å². The molecule has 2 heterocycles. The molecule has 0 unspecified atom stereocenters. The van der Waals surface area contributed by atoms with Crippen LogP contribution in [0.5, 0.6) is 0 Å². The number of aromatic nitrogens is 3. The smallest absolute Gasteiger partial charge is 0.147 e. The van der Waals surface area contributed by atoms with Gasteiger partial charge in [0.15, 0.2) is 0 Å². The van der Waals surface area contributed by atoms with E-state index >= 15 is 0 Å². The Hall–Kier alpha value is -1.68. The first-order chi connectivity index (χ1) is 10.7. The van der Waals surface area contributed by atoms with Gasteiger partial charge in [0, 0.05) is 25.0 Å². The number of aryl methyl sites for hydroxylation is 1. The average Bonchev–Trinajstić information content (AvgIpc) is 2.97. The summed E-state index contributed by atoms with van der Waals surface area (Å²) in [5.41, 5.74) is 3.07. The van der Waals surface area contributed by atoms with E-state index in [1.807, 2.05) is 0 Å². The molecular formula is C18H24N4. The highest BCUT2D eigenvalue weighted by molar-refractivity contribution is 5.32. The van der Waals surface area contributed by atoms with Crippen LogP contribution in [0.4, 0.5) is 0 Å². The van der Waals surface area contributed by atoms with Crippen LogP contribution in [0.3, 0.4) is 0 Å². The van der Waals surface area contributed by atoms with Gasteiger partial charge in [0.2, 0.25) is 0 Å². The number of benzene rings is 1. The topological polar surface area (TPSA) is 34.0 Å². The minimum absolute atomic E-state index is 0.447. The molecule has 4 heteroatoms. The molecule has 22 heavy (non-hydrogen) atoms. The summed E-state index contributed by atoms with van der Waals surface area (Å²) in [4.78, 5) is 2.60. The largest absolute Gasteiger partial charge is 0.312 e. The van der Waals surface area contributed by atoms with Crippen molar-refractivity contribution in [2.24, 2.45) is 0 Å². The van der Waals surface area contributed by atoms with Crippen LogP contribution in [-0.4, -0.2) is 26.2 Å². The lowest BCUT2D eigenvalue weighted by Gasteiger charge is -2.38. The first-order valence-corrected chi connectivity index (χ1v) is 8.48. The first kappa shape index (κ1) is 13.9. The third kappa shape index (κ3) is 2.26. The van der Waals surface area contributed by atoms with Crippen molar-refractivity contribution in [3.63, 3.8) is 0 Å². The van der Waals surface area contributed by atoms with Crippen LogP contribution in [0, 0.1) is 0 Å². The van der Waals surface area contributed by atoms with Gasteiger partial charge in [-0.3, -0.25) is 4.90 Å². The van der Waals surface area contributed by atoms with E-state index in [0.29, 0.717) is 12.0 Å². The maximum atomic E-state index is 4.45. The van der Waals surface area contributed by atoms with Crippen molar-refractivity contribution >= 4 is 0 Å². The molecule has 1 aromatic heterocycles. The second-order valence-electron chi connectivity index (χ2n) is 6.86. The van der Waals surface area contributed by atoms with E-state index < -0.39 is 0 Å². The van der Waals surface area contributed by atoms with Crippen LogP contribution >= 0.6 is 0 Å². The van der Waals surface area contributed by atoms with Crippen LogP contribution in [0.15, 0.2) is 24.3 Å². The Balaban J connectivity index is 1.61. The van der Waals surface area contributed by atoms with Crippen molar-refractivity contribution in [2.45, 2.75) is 58.2 Å². The summed E-state index contributed by atoms with van der Waals surface area (Å²) in [5.74, 6) is 2.72. The zero-order valence-electron chi connectivity index (χ0n) is 13.5. The fourth-order valence-electron chi connectivity index (χ4n) is 4.00. The summed E-state index contributed by atoms with van der Waals surface area (Å²) in [6.45, 7) is 7.44. The molecule has 0 amide bonds. The summed E-state index contributed by atoms with van der Waals surface area (Å²) in [7, 11) is 0. The van der Waals surface area contributed by atoms with E-state index in [-0.39, 0.29) is 0 Å². The molecule has 4 nitrogen and oxygen atoms in total. The highest BCUT2D eigenvalue weighted by Crippen LogP contribution is 2.36. The minimum Gasteiger partial charge on any atom is -0.312 e. The molecule has 0 saturated heterocycles. The van der Waals surface area contributed by atoms with E-state index in [4.69, 9.17) is 0 Å². The number of rotatable bonds is 2. The van der Waals surface area contributed by atoms with Gasteiger partial charge in [-0.05, 0) is 30.4 Å². The second-order valence-corrected chi connectivity index (χ2v) is 6.86. The SMILES string of the molecule is CC(C)c1nnc2n1CCN([C@H]1CCCc3ccccc31)C2. The van der Waals surface area contributed by atoms with Gasteiger partial charge >= 0.3 is 0 Å². The minimum atomic E-state index is 0.447. The van der Waals surface area contributed by atoms with Crippen LogP contribution in [0.25, 0.3) is 0 Å². The Bertz CT molecular complexity index is 673. The third-order valence-corrected chi connectivity index (χ3v) is 5.11. The van der Waals surface area contributed by atoms with Crippen molar-refractivity contribution in [1.82, 2.24) is 19.7 Å². The normalized spacial score (nSPS) is 21.7. The maximum Gasteiger partial charge on any atom is 0.147 e. The van der Waals surface area contributed by atoms with E-state index in [0.717, 1.165) is 31.3 Å². The number of nitrogens with zero attached hydrogens (tertiary/aromatic N) is 4. The molecule has 116 valence electrons. The molecule has 0 saturated carbocycles. The maximum absolute atomic E-state index is 4.45. The van der Waals surface area contributed by atoms with Gasteiger partial charge in [0.25, 0.3) is 0 Å². The molecule has 0 radical (unpaired) electrons. The molecular weight excluding hydrogens is 272 g/mol. The van der Waals surface area contributed by atoms with E-state index in [1.54, 1.807) is 0 Å². The number of fused-ring (bicyclic) bond motifs is 2. The Morgan fingerprint density at radius 2 is 2.00 bits per heavy atom. The molecule has 2 aliphatic rings. The lowest BCUT2D eigenvalue weighted by molar-refractivity contribution is 0.137. The van der Waals surface area contributed by atoms with Crippen LogP contribution in [0.2, 0.25) is 0 Å². The van der Waals surface area contributed by atoms with Crippen molar-refractivity contribution < 1.29 is 0 Å². The Morgan fingerprint density at radius 3 is 2.86 bits per heavy atom. The summed E-state index contributed by atoms with van der Waals surface area (Å²) < 4.78 is 2.33. The van der Waals surface area contributed by atoms with Crippen molar-refractivity contribution in [3.05, 3.63) is 47.0 Å². The van der Waals surface area contributed by atoms with E-state index in [1.165, 1.54) is 30.4 Å². The van der Waals surface area contributed by atoms with Gasteiger partial charge in [-0.1, -0.05) is 38.1 Å². The molecule has 1 aliphatic heterocycles. The van der Waals surface area contributed by atoms with Gasteiger partial charge in [-0.25, -0.2) is 0 Å². The van der Waals surface area contributed by atoms with E-state index in [2.05, 4.69) is 57.8 Å². The van der Waals surface area contributed by atoms with Gasteiger partial charge in [-0.15, -0.1) is 10.2 Å². The highest BCUT2D eigenvalue weighted by atomic mass is 15.3. The fourth-order valence-corrected chi connectivity index (χ4v) is 4.00. The highest BCUT2D eigenvalue weighted by Gasteiger charge is 2.30. The Kier molecular flexibility index (Phi) is 3.49. The number of hydrogen-bond donors (Lipinski definition) is 0. The molecule has 1 aromatic carbocycles. The first-order valence-electron chi connectivity index (χ1n) is 8.48. The molecule has 0 bridgehead atoms. The van der Waals surface area contributed by atoms with Crippen LogP contribution in [0.1, 0.15) is 61.4 Å². The molecule has 4 rings (SSSR count). The second kappa shape index (κ2) is 5.51. The summed E-state index contributed by atoms with van der Waals surface area (Å²) >= 11 is 0. The van der Waals surface area contributed by atoms with E-state index in [9.17, 15) is 0 Å². The quantitative estimate of drug-likeness (QED) is 0.852. The van der Waals surface area contributed by atoms with Gasteiger partial charge < -0.3 is 4.57 Å². The van der Waals surface area contributed by atoms with Gasteiger partial charge in [0.05, 0.1) is 6.54 Å². The fraction of sp³-hybridized carbons (Fsp3) is 0.556. The monoisotopic (exact) mass is 296 g/mol. The molecule has 0 fully saturated rings. The van der Waals surface area contributed by atoms with Gasteiger partial charge in [0.1, 0.15) is 11.6 Å². The lowest BCUT2D eigenvalue weighted by Crippen LogP contribution is -2.38. The molecule has 1 atom stereocenters. The molecule has 2 aromatic rings. The van der Waals surface area contributed by atoms with Crippen molar-refractivity contribution in [2.75, 3.05) is 6.54 Å². The summed E-state index contributed by atoms with van der Waals surface area (Å²) in [6, 6.07) is 9.52.